The van der Waals surface area contributed by atoms with Gasteiger partial charge in [-0.2, -0.15) is 0 Å². The van der Waals surface area contributed by atoms with Gasteiger partial charge in [-0.05, 0) is 30.7 Å². The lowest BCUT2D eigenvalue weighted by atomic mass is 10.2. The number of thiophene rings is 1. The van der Waals surface area contributed by atoms with E-state index in [2.05, 4.69) is 0 Å². The fourth-order valence-electron chi connectivity index (χ4n) is 1.92. The quantitative estimate of drug-likeness (QED) is 0.922. The molecular weight excluding hydrogens is 294 g/mol. The van der Waals surface area contributed by atoms with Crippen LogP contribution in [0.15, 0.2) is 40.6 Å². The molecular formula is C14H17NO3S2. The molecule has 4 nitrogen and oxygen atoms in total. The number of aliphatic hydroxyl groups is 1. The van der Waals surface area contributed by atoms with Crippen molar-refractivity contribution in [2.24, 2.45) is 0 Å². The van der Waals surface area contributed by atoms with Gasteiger partial charge in [0.2, 0.25) is 0 Å². The summed E-state index contributed by atoms with van der Waals surface area (Å²) in [6, 6.07) is 10.7. The van der Waals surface area contributed by atoms with Crippen molar-refractivity contribution in [1.82, 2.24) is 0 Å². The number of para-hydroxylation sites is 1. The van der Waals surface area contributed by atoms with Crippen LogP contribution in [0.2, 0.25) is 0 Å². The van der Waals surface area contributed by atoms with Crippen LogP contribution in [0.4, 0.5) is 5.69 Å². The Kier molecular flexibility index (Phi) is 4.47. The SMILES string of the molecule is Cc1ccccc1N(C)S(=O)(=O)c1ccc(CCO)s1. The Morgan fingerprint density at radius 2 is 1.90 bits per heavy atom. The number of benzene rings is 1. The Bertz CT molecular complexity index is 692. The van der Waals surface area contributed by atoms with Crippen molar-refractivity contribution in [1.29, 1.82) is 0 Å². The van der Waals surface area contributed by atoms with Crippen molar-refractivity contribution in [3.8, 4) is 0 Å². The zero-order chi connectivity index (χ0) is 14.8. The number of anilines is 1. The summed E-state index contributed by atoms with van der Waals surface area (Å²) in [6.45, 7) is 1.90. The Hall–Kier alpha value is -1.37. The van der Waals surface area contributed by atoms with Crippen molar-refractivity contribution >= 4 is 27.0 Å². The van der Waals surface area contributed by atoms with E-state index in [1.54, 1.807) is 25.2 Å². The lowest BCUT2D eigenvalue weighted by Gasteiger charge is -2.20. The third kappa shape index (κ3) is 2.87. The minimum absolute atomic E-state index is 0.0215. The number of aryl methyl sites for hydroxylation is 1. The van der Waals surface area contributed by atoms with Gasteiger partial charge < -0.3 is 5.11 Å². The van der Waals surface area contributed by atoms with E-state index in [1.807, 2.05) is 25.1 Å². The van der Waals surface area contributed by atoms with E-state index < -0.39 is 10.0 Å². The fraction of sp³-hybridized carbons (Fsp3) is 0.286. The molecule has 20 heavy (non-hydrogen) atoms. The maximum Gasteiger partial charge on any atom is 0.273 e. The molecule has 0 spiro atoms. The summed E-state index contributed by atoms with van der Waals surface area (Å²) in [4.78, 5) is 0.865. The summed E-state index contributed by atoms with van der Waals surface area (Å²) < 4.78 is 26.8. The van der Waals surface area contributed by atoms with E-state index in [0.717, 1.165) is 10.4 Å². The van der Waals surface area contributed by atoms with Crippen LogP contribution in [0.3, 0.4) is 0 Å². The molecule has 6 heteroatoms. The second-order valence-electron chi connectivity index (χ2n) is 4.45. The Balaban J connectivity index is 2.36. The number of hydrogen-bond acceptors (Lipinski definition) is 4. The summed E-state index contributed by atoms with van der Waals surface area (Å²) in [5.41, 5.74) is 1.58. The number of sulfonamides is 1. The van der Waals surface area contributed by atoms with Crippen LogP contribution in [0.1, 0.15) is 10.4 Å². The van der Waals surface area contributed by atoms with Gasteiger partial charge in [-0.25, -0.2) is 8.42 Å². The predicted molar refractivity (Wildman–Crippen MR) is 81.9 cm³/mol. The molecule has 2 aromatic rings. The van der Waals surface area contributed by atoms with Gasteiger partial charge in [-0.15, -0.1) is 11.3 Å². The van der Waals surface area contributed by atoms with Gasteiger partial charge in [0.15, 0.2) is 0 Å². The highest BCUT2D eigenvalue weighted by Crippen LogP contribution is 2.29. The highest BCUT2D eigenvalue weighted by Gasteiger charge is 2.24. The molecule has 1 N–H and O–H groups in total. The second kappa shape index (κ2) is 5.95. The van der Waals surface area contributed by atoms with Crippen LogP contribution >= 0.6 is 11.3 Å². The molecule has 0 aliphatic heterocycles. The van der Waals surface area contributed by atoms with E-state index in [9.17, 15) is 8.42 Å². The van der Waals surface area contributed by atoms with Crippen LogP contribution in [-0.2, 0) is 16.4 Å². The summed E-state index contributed by atoms with van der Waals surface area (Å²) in [5.74, 6) is 0. The zero-order valence-electron chi connectivity index (χ0n) is 11.4. The molecule has 0 aliphatic rings. The number of hydrogen-bond donors (Lipinski definition) is 1. The molecule has 0 saturated carbocycles. The molecule has 0 bridgehead atoms. The van der Waals surface area contributed by atoms with Crippen LogP contribution in [-0.4, -0.2) is 27.2 Å². The molecule has 2 rings (SSSR count). The number of nitrogens with zero attached hydrogens (tertiary/aromatic N) is 1. The predicted octanol–water partition coefficient (Wildman–Crippen LogP) is 2.42. The van der Waals surface area contributed by atoms with E-state index in [-0.39, 0.29) is 6.61 Å². The summed E-state index contributed by atoms with van der Waals surface area (Å²) >= 11 is 1.20. The Morgan fingerprint density at radius 1 is 1.20 bits per heavy atom. The summed E-state index contributed by atoms with van der Waals surface area (Å²) in [5, 5.41) is 8.90. The van der Waals surface area contributed by atoms with Gasteiger partial charge in [-0.1, -0.05) is 18.2 Å². The molecule has 0 aliphatic carbocycles. The standard InChI is InChI=1S/C14H17NO3S2/c1-11-5-3-4-6-13(11)15(2)20(17,18)14-8-7-12(19-14)9-10-16/h3-8,16H,9-10H2,1-2H3. The van der Waals surface area contributed by atoms with Crippen molar-refractivity contribution in [2.75, 3.05) is 18.0 Å². The van der Waals surface area contributed by atoms with Gasteiger partial charge in [0, 0.05) is 25.0 Å². The van der Waals surface area contributed by atoms with Gasteiger partial charge in [0.1, 0.15) is 4.21 Å². The first kappa shape index (κ1) is 15.0. The van der Waals surface area contributed by atoms with Crippen LogP contribution in [0, 0.1) is 6.92 Å². The van der Waals surface area contributed by atoms with Gasteiger partial charge in [0.05, 0.1) is 5.69 Å². The van der Waals surface area contributed by atoms with E-state index in [4.69, 9.17) is 5.11 Å². The molecule has 0 amide bonds. The first-order chi connectivity index (χ1) is 9.46. The van der Waals surface area contributed by atoms with Gasteiger partial charge >= 0.3 is 0 Å². The molecule has 108 valence electrons. The Morgan fingerprint density at radius 3 is 2.55 bits per heavy atom. The lowest BCUT2D eigenvalue weighted by molar-refractivity contribution is 0.300. The molecule has 1 aromatic carbocycles. The average Bonchev–Trinajstić information content (AvgIpc) is 2.88. The first-order valence-corrected chi connectivity index (χ1v) is 8.46. The third-order valence-corrected chi connectivity index (χ3v) is 6.45. The van der Waals surface area contributed by atoms with E-state index in [0.29, 0.717) is 16.3 Å². The summed E-state index contributed by atoms with van der Waals surface area (Å²) in [6.07, 6.45) is 0.480. The van der Waals surface area contributed by atoms with Gasteiger partial charge in [0.25, 0.3) is 10.0 Å². The minimum Gasteiger partial charge on any atom is -0.396 e. The average molecular weight is 311 g/mol. The molecule has 1 heterocycles. The third-order valence-electron chi connectivity index (χ3n) is 3.06. The van der Waals surface area contributed by atoms with E-state index >= 15 is 0 Å². The normalized spacial score (nSPS) is 11.6. The fourth-order valence-corrected chi connectivity index (χ4v) is 4.70. The monoisotopic (exact) mass is 311 g/mol. The minimum atomic E-state index is -3.54. The lowest BCUT2D eigenvalue weighted by Crippen LogP contribution is -2.26. The summed E-state index contributed by atoms with van der Waals surface area (Å²) in [7, 11) is -1.98. The second-order valence-corrected chi connectivity index (χ2v) is 7.82. The molecule has 0 radical (unpaired) electrons. The van der Waals surface area contributed by atoms with Crippen molar-refractivity contribution in [3.05, 3.63) is 46.8 Å². The maximum atomic E-state index is 12.6. The van der Waals surface area contributed by atoms with Crippen LogP contribution in [0.25, 0.3) is 0 Å². The van der Waals surface area contributed by atoms with Crippen LogP contribution < -0.4 is 4.31 Å². The maximum absolute atomic E-state index is 12.6. The van der Waals surface area contributed by atoms with Gasteiger partial charge in [-0.3, -0.25) is 4.31 Å². The molecule has 0 saturated heterocycles. The first-order valence-electron chi connectivity index (χ1n) is 6.21. The van der Waals surface area contributed by atoms with E-state index in [1.165, 1.54) is 15.6 Å². The number of rotatable bonds is 5. The highest BCUT2D eigenvalue weighted by molar-refractivity contribution is 7.94. The smallest absolute Gasteiger partial charge is 0.273 e. The highest BCUT2D eigenvalue weighted by atomic mass is 32.2. The van der Waals surface area contributed by atoms with Crippen LogP contribution in [0.5, 0.6) is 0 Å². The number of aliphatic hydroxyl groups excluding tert-OH is 1. The zero-order valence-corrected chi connectivity index (χ0v) is 13.0. The largest absolute Gasteiger partial charge is 0.396 e. The van der Waals surface area contributed by atoms with Crippen molar-refractivity contribution in [3.63, 3.8) is 0 Å². The molecule has 0 unspecified atom stereocenters. The molecule has 0 atom stereocenters. The topological polar surface area (TPSA) is 57.6 Å². The Labute approximate surface area is 123 Å². The molecule has 1 aromatic heterocycles. The molecule has 0 fully saturated rings. The van der Waals surface area contributed by atoms with Crippen molar-refractivity contribution in [2.45, 2.75) is 17.6 Å². The van der Waals surface area contributed by atoms with Crippen molar-refractivity contribution < 1.29 is 13.5 Å².